The molecule has 1 fully saturated rings. The van der Waals surface area contributed by atoms with Gasteiger partial charge < -0.3 is 29.9 Å². The molecular formula is C9H16O7. The van der Waals surface area contributed by atoms with Crippen LogP contribution in [0.25, 0.3) is 0 Å². The fourth-order valence-electron chi connectivity index (χ4n) is 1.79. The maximum Gasteiger partial charge on any atom is 0.303 e. The molecule has 4 N–H and O–H groups in total. The second-order valence-electron chi connectivity index (χ2n) is 3.70. The summed E-state index contributed by atoms with van der Waals surface area (Å²) < 4.78 is 10.0. The van der Waals surface area contributed by atoms with E-state index in [-0.39, 0.29) is 6.42 Å². The van der Waals surface area contributed by atoms with E-state index in [0.29, 0.717) is 0 Å². The Morgan fingerprint density at radius 2 is 2.00 bits per heavy atom. The molecule has 0 amide bonds. The zero-order valence-corrected chi connectivity index (χ0v) is 8.81. The van der Waals surface area contributed by atoms with E-state index < -0.39 is 43.1 Å². The van der Waals surface area contributed by atoms with E-state index in [1.54, 1.807) is 0 Å². The van der Waals surface area contributed by atoms with E-state index >= 15 is 0 Å². The first-order valence-electron chi connectivity index (χ1n) is 4.88. The minimum Gasteiger partial charge on any atom is -0.481 e. The fraction of sp³-hybridized carbons (Fsp3) is 0.889. The molecule has 16 heavy (non-hydrogen) atoms. The van der Waals surface area contributed by atoms with E-state index in [1.807, 2.05) is 0 Å². The third kappa shape index (κ3) is 2.69. The molecule has 0 radical (unpaired) electrons. The molecule has 0 aromatic heterocycles. The summed E-state index contributed by atoms with van der Waals surface area (Å²) in [5, 5.41) is 36.8. The van der Waals surface area contributed by atoms with Gasteiger partial charge in [-0.15, -0.1) is 0 Å². The molecule has 1 rings (SSSR count). The molecule has 0 aliphatic carbocycles. The second-order valence-corrected chi connectivity index (χ2v) is 3.70. The quantitative estimate of drug-likeness (QED) is 0.453. The Kier molecular flexibility index (Phi) is 4.63. The maximum atomic E-state index is 10.6. The highest BCUT2D eigenvalue weighted by atomic mass is 16.7. The fourth-order valence-corrected chi connectivity index (χ4v) is 1.79. The lowest BCUT2D eigenvalue weighted by molar-refractivity contribution is -0.279. The first-order valence-corrected chi connectivity index (χ1v) is 4.88. The van der Waals surface area contributed by atoms with Crippen molar-refractivity contribution in [3.63, 3.8) is 0 Å². The highest BCUT2D eigenvalue weighted by molar-refractivity contribution is 5.67. The van der Waals surface area contributed by atoms with Gasteiger partial charge in [0.1, 0.15) is 12.2 Å². The van der Waals surface area contributed by atoms with Crippen molar-refractivity contribution in [1.29, 1.82) is 0 Å². The van der Waals surface area contributed by atoms with Gasteiger partial charge in [-0.3, -0.25) is 4.79 Å². The SMILES string of the molecule is CO[C@@H]1O[C@H](CO)[C@@H](O)[C@H](O)[C@H]1CC(=O)O. The minimum absolute atomic E-state index is 0.380. The zero-order valence-electron chi connectivity index (χ0n) is 8.81. The number of aliphatic carboxylic acids is 1. The number of carbonyl (C=O) groups is 1. The molecule has 1 aliphatic rings. The Morgan fingerprint density at radius 1 is 1.38 bits per heavy atom. The van der Waals surface area contributed by atoms with Gasteiger partial charge in [-0.1, -0.05) is 0 Å². The standard InChI is InChI=1S/C9H16O7/c1-15-9-4(2-6(11)12)7(13)8(14)5(3-10)16-9/h4-5,7-10,13-14H,2-3H2,1H3,(H,11,12)/t4-,5-,7-,8-,9-/m1/s1. The van der Waals surface area contributed by atoms with Gasteiger partial charge in [-0.2, -0.15) is 0 Å². The lowest BCUT2D eigenvalue weighted by Crippen LogP contribution is -2.56. The summed E-state index contributed by atoms with van der Waals surface area (Å²) in [6.07, 6.45) is -4.92. The zero-order chi connectivity index (χ0) is 12.3. The molecule has 0 saturated carbocycles. The van der Waals surface area contributed by atoms with Crippen LogP contribution in [-0.2, 0) is 14.3 Å². The van der Waals surface area contributed by atoms with E-state index in [0.717, 1.165) is 0 Å². The average Bonchev–Trinajstić information content (AvgIpc) is 2.25. The molecule has 1 heterocycles. The molecular weight excluding hydrogens is 220 g/mol. The Balaban J connectivity index is 2.77. The summed E-state index contributed by atoms with van der Waals surface area (Å²) in [6.45, 7) is -0.474. The number of rotatable bonds is 4. The van der Waals surface area contributed by atoms with E-state index in [1.165, 1.54) is 7.11 Å². The summed E-state index contributed by atoms with van der Waals surface area (Å²) in [4.78, 5) is 10.6. The van der Waals surface area contributed by atoms with Gasteiger partial charge in [0.2, 0.25) is 0 Å². The maximum absolute atomic E-state index is 10.6. The minimum atomic E-state index is -1.32. The molecule has 0 aromatic carbocycles. The van der Waals surface area contributed by atoms with Crippen LogP contribution in [0.3, 0.4) is 0 Å². The van der Waals surface area contributed by atoms with E-state index in [4.69, 9.17) is 19.7 Å². The van der Waals surface area contributed by atoms with Crippen molar-refractivity contribution >= 4 is 5.97 Å². The van der Waals surface area contributed by atoms with Gasteiger partial charge in [0.15, 0.2) is 6.29 Å². The van der Waals surface area contributed by atoms with Crippen LogP contribution in [0.15, 0.2) is 0 Å². The Bertz CT molecular complexity index is 242. The van der Waals surface area contributed by atoms with Crippen LogP contribution in [0.1, 0.15) is 6.42 Å². The summed E-state index contributed by atoms with van der Waals surface area (Å²) in [5.41, 5.74) is 0. The monoisotopic (exact) mass is 236 g/mol. The molecule has 0 bridgehead atoms. The number of aliphatic hydroxyl groups is 3. The second kappa shape index (κ2) is 5.55. The van der Waals surface area contributed by atoms with Crippen molar-refractivity contribution in [1.82, 2.24) is 0 Å². The molecule has 1 aliphatic heterocycles. The van der Waals surface area contributed by atoms with Gasteiger partial charge in [0.25, 0.3) is 0 Å². The largest absolute Gasteiger partial charge is 0.481 e. The molecule has 0 spiro atoms. The van der Waals surface area contributed by atoms with Crippen LogP contribution in [0, 0.1) is 5.92 Å². The molecule has 0 unspecified atom stereocenters. The van der Waals surface area contributed by atoms with Gasteiger partial charge in [0, 0.05) is 13.0 Å². The van der Waals surface area contributed by atoms with Crippen molar-refractivity contribution in [2.24, 2.45) is 5.92 Å². The number of aliphatic hydroxyl groups excluding tert-OH is 3. The normalized spacial score (nSPS) is 39.6. The Labute approximate surface area is 92.2 Å². The molecule has 7 heteroatoms. The van der Waals surface area contributed by atoms with E-state index in [2.05, 4.69) is 0 Å². The number of methoxy groups -OCH3 is 1. The molecule has 5 atom stereocenters. The predicted octanol–water partition coefficient (Wildman–Crippen LogP) is -1.84. The third-order valence-corrected chi connectivity index (χ3v) is 2.65. The first-order chi connectivity index (χ1) is 7.51. The van der Waals surface area contributed by atoms with Crippen molar-refractivity contribution in [2.45, 2.75) is 31.0 Å². The van der Waals surface area contributed by atoms with Gasteiger partial charge >= 0.3 is 5.97 Å². The van der Waals surface area contributed by atoms with E-state index in [9.17, 15) is 15.0 Å². The number of hydrogen-bond donors (Lipinski definition) is 4. The van der Waals surface area contributed by atoms with Crippen LogP contribution in [0.2, 0.25) is 0 Å². The first kappa shape index (κ1) is 13.3. The summed E-state index contributed by atoms with van der Waals surface area (Å²) in [7, 11) is 1.30. The average molecular weight is 236 g/mol. The number of carboxylic acids is 1. The van der Waals surface area contributed by atoms with Gasteiger partial charge in [-0.25, -0.2) is 0 Å². The lowest BCUT2D eigenvalue weighted by atomic mass is 9.88. The lowest BCUT2D eigenvalue weighted by Gasteiger charge is -2.41. The molecule has 94 valence electrons. The predicted molar refractivity (Wildman–Crippen MR) is 50.5 cm³/mol. The number of carboxylic acid groups (broad SMARTS) is 1. The topological polar surface area (TPSA) is 116 Å². The summed E-state index contributed by atoms with van der Waals surface area (Å²) in [5.74, 6) is -1.98. The van der Waals surface area contributed by atoms with Crippen molar-refractivity contribution in [3.8, 4) is 0 Å². The molecule has 0 aromatic rings. The Hall–Kier alpha value is -0.730. The third-order valence-electron chi connectivity index (χ3n) is 2.65. The summed E-state index contributed by atoms with van der Waals surface area (Å²) >= 11 is 0. The van der Waals surface area contributed by atoms with Crippen molar-refractivity contribution in [3.05, 3.63) is 0 Å². The smallest absolute Gasteiger partial charge is 0.303 e. The Morgan fingerprint density at radius 3 is 2.44 bits per heavy atom. The van der Waals surface area contributed by atoms with Gasteiger partial charge in [0.05, 0.1) is 19.1 Å². The number of hydrogen-bond acceptors (Lipinski definition) is 6. The van der Waals surface area contributed by atoms with Crippen LogP contribution in [-0.4, -0.2) is 64.7 Å². The highest BCUT2D eigenvalue weighted by Crippen LogP contribution is 2.28. The number of ether oxygens (including phenoxy) is 2. The molecule has 7 nitrogen and oxygen atoms in total. The van der Waals surface area contributed by atoms with Crippen molar-refractivity contribution < 1.29 is 34.7 Å². The van der Waals surface area contributed by atoms with Crippen LogP contribution >= 0.6 is 0 Å². The van der Waals surface area contributed by atoms with Gasteiger partial charge in [-0.05, 0) is 0 Å². The summed E-state index contributed by atoms with van der Waals surface area (Å²) in [6, 6.07) is 0. The van der Waals surface area contributed by atoms with Crippen LogP contribution in [0.4, 0.5) is 0 Å². The molecule has 1 saturated heterocycles. The van der Waals surface area contributed by atoms with Crippen LogP contribution < -0.4 is 0 Å². The van der Waals surface area contributed by atoms with Crippen LogP contribution in [0.5, 0.6) is 0 Å². The highest BCUT2D eigenvalue weighted by Gasteiger charge is 2.45. The van der Waals surface area contributed by atoms with Crippen molar-refractivity contribution in [2.75, 3.05) is 13.7 Å².